The van der Waals surface area contributed by atoms with E-state index in [1.54, 1.807) is 51.2 Å². The molecule has 13 heteroatoms. The third-order valence-electron chi connectivity index (χ3n) is 5.13. The van der Waals surface area contributed by atoms with Gasteiger partial charge in [-0.3, -0.25) is 0 Å². The second-order valence-corrected chi connectivity index (χ2v) is 7.14. The van der Waals surface area contributed by atoms with E-state index in [4.69, 9.17) is 0 Å². The zero-order valence-corrected chi connectivity index (χ0v) is 17.4. The Balaban J connectivity index is 2.09. The third-order valence-corrected chi connectivity index (χ3v) is 5.13. The van der Waals surface area contributed by atoms with Crippen molar-refractivity contribution in [3.8, 4) is 0 Å². The van der Waals surface area contributed by atoms with Crippen LogP contribution in [0.15, 0.2) is 37.2 Å². The van der Waals surface area contributed by atoms with Gasteiger partial charge in [-0.1, -0.05) is 15.6 Å². The number of rotatable bonds is 15. The zero-order valence-electron chi connectivity index (χ0n) is 17.4. The Morgan fingerprint density at radius 1 is 0.581 bits per heavy atom. The van der Waals surface area contributed by atoms with Gasteiger partial charge >= 0.3 is 0 Å². The second kappa shape index (κ2) is 12.2. The summed E-state index contributed by atoms with van der Waals surface area (Å²) in [5, 5.41) is 53.2. The topological polar surface area (TPSA) is 156 Å². The van der Waals surface area contributed by atoms with Gasteiger partial charge in [0.25, 0.3) is 0 Å². The van der Waals surface area contributed by atoms with Crippen molar-refractivity contribution in [3.05, 3.63) is 37.2 Å². The smallest absolute Gasteiger partial charge is 0.109 e. The van der Waals surface area contributed by atoms with Crippen LogP contribution in [0.1, 0.15) is 57.0 Å². The monoisotopic (exact) mass is 434 g/mol. The van der Waals surface area contributed by atoms with Gasteiger partial charge in [0.15, 0.2) is 0 Å². The van der Waals surface area contributed by atoms with E-state index in [0.29, 0.717) is 38.5 Å². The molecule has 3 atom stereocenters. The molecule has 3 N–H and O–H groups in total. The molecule has 0 fully saturated rings. The lowest BCUT2D eigenvalue weighted by molar-refractivity contribution is -0.0601. The van der Waals surface area contributed by atoms with Gasteiger partial charge < -0.3 is 15.3 Å². The average molecular weight is 435 g/mol. The molecule has 0 bridgehead atoms. The van der Waals surface area contributed by atoms with Crippen molar-refractivity contribution >= 4 is 0 Å². The van der Waals surface area contributed by atoms with Crippen molar-refractivity contribution in [2.45, 2.75) is 57.0 Å². The molecule has 3 heterocycles. The molecule has 0 amide bonds. The van der Waals surface area contributed by atoms with Gasteiger partial charge in [-0.15, -0.1) is 15.3 Å². The van der Waals surface area contributed by atoms with Crippen LogP contribution < -0.4 is 0 Å². The zero-order chi connectivity index (χ0) is 21.9. The molecule has 0 aliphatic rings. The fraction of sp³-hybridized carbons (Fsp3) is 0.667. The highest BCUT2D eigenvalue weighted by Crippen LogP contribution is 2.37. The second-order valence-electron chi connectivity index (χ2n) is 7.14. The Labute approximate surface area is 179 Å². The third kappa shape index (κ3) is 5.91. The Bertz CT molecular complexity index is 702. The lowest BCUT2D eigenvalue weighted by Gasteiger charge is -2.42. The maximum atomic E-state index is 9.54. The Morgan fingerprint density at radius 3 is 1.13 bits per heavy atom. The van der Waals surface area contributed by atoms with Crippen LogP contribution in [0.3, 0.4) is 0 Å². The SMILES string of the molecule is OCCCC(N(C(CCCO)n1ccnn1)C(CCCO)n1ccnn1)n1ccnn1. The van der Waals surface area contributed by atoms with Crippen molar-refractivity contribution in [1.82, 2.24) is 49.9 Å². The molecule has 3 aromatic heterocycles. The largest absolute Gasteiger partial charge is 0.396 e. The predicted molar refractivity (Wildman–Crippen MR) is 108 cm³/mol. The number of aliphatic hydroxyl groups excluding tert-OH is 3. The molecule has 3 aromatic rings. The molecule has 3 rings (SSSR count). The summed E-state index contributed by atoms with van der Waals surface area (Å²) in [5.74, 6) is 0. The van der Waals surface area contributed by atoms with Crippen LogP contribution in [0.2, 0.25) is 0 Å². The van der Waals surface area contributed by atoms with Gasteiger partial charge in [-0.05, 0) is 38.5 Å². The van der Waals surface area contributed by atoms with Crippen molar-refractivity contribution in [3.63, 3.8) is 0 Å². The Kier molecular flexibility index (Phi) is 9.02. The first-order valence-corrected chi connectivity index (χ1v) is 10.5. The summed E-state index contributed by atoms with van der Waals surface area (Å²) < 4.78 is 5.25. The molecule has 13 nitrogen and oxygen atoms in total. The summed E-state index contributed by atoms with van der Waals surface area (Å²) in [6.45, 7) is 0.108. The van der Waals surface area contributed by atoms with Gasteiger partial charge in [0.2, 0.25) is 0 Å². The minimum Gasteiger partial charge on any atom is -0.396 e. The van der Waals surface area contributed by atoms with E-state index in [1.165, 1.54) is 0 Å². The van der Waals surface area contributed by atoms with Crippen LogP contribution >= 0.6 is 0 Å². The van der Waals surface area contributed by atoms with E-state index in [1.807, 2.05) is 0 Å². The summed E-state index contributed by atoms with van der Waals surface area (Å²) in [4.78, 5) is 2.18. The lowest BCUT2D eigenvalue weighted by Crippen LogP contribution is -2.44. The average Bonchev–Trinajstić information content (AvgIpc) is 3.57. The number of nitrogens with zero attached hydrogens (tertiary/aromatic N) is 10. The maximum absolute atomic E-state index is 9.54. The molecule has 0 aliphatic carbocycles. The van der Waals surface area contributed by atoms with E-state index in [2.05, 4.69) is 35.8 Å². The molecule has 0 saturated carbocycles. The van der Waals surface area contributed by atoms with Crippen LogP contribution in [0.4, 0.5) is 0 Å². The van der Waals surface area contributed by atoms with Crippen LogP contribution in [0, 0.1) is 0 Å². The standard InChI is InChI=1S/C18H30N10O3/c29-13-1-4-16(25-10-7-19-22-25)28(17(5-2-14-30)26-11-8-20-23-26)18(6-3-15-31)27-12-9-21-24-27/h7-12,16-18,29-31H,1-6,13-15H2. The van der Waals surface area contributed by atoms with E-state index < -0.39 is 0 Å². The van der Waals surface area contributed by atoms with E-state index >= 15 is 0 Å². The van der Waals surface area contributed by atoms with Crippen LogP contribution in [0.25, 0.3) is 0 Å². The lowest BCUT2D eigenvalue weighted by atomic mass is 10.1. The van der Waals surface area contributed by atoms with E-state index in [9.17, 15) is 15.3 Å². The van der Waals surface area contributed by atoms with Crippen molar-refractivity contribution in [2.24, 2.45) is 0 Å². The maximum Gasteiger partial charge on any atom is 0.109 e. The number of aromatic nitrogens is 9. The number of aliphatic hydroxyl groups is 3. The summed E-state index contributed by atoms with van der Waals surface area (Å²) in [6, 6.07) is 0. The van der Waals surface area contributed by atoms with Crippen molar-refractivity contribution in [2.75, 3.05) is 19.8 Å². The summed E-state index contributed by atoms with van der Waals surface area (Å²) in [5.41, 5.74) is 0. The summed E-state index contributed by atoms with van der Waals surface area (Å²) in [7, 11) is 0. The fourth-order valence-electron chi connectivity index (χ4n) is 3.80. The molecule has 0 aliphatic heterocycles. The Hall–Kier alpha value is -2.74. The molecular formula is C18H30N10O3. The van der Waals surface area contributed by atoms with Gasteiger partial charge in [-0.2, -0.15) is 0 Å². The van der Waals surface area contributed by atoms with Crippen LogP contribution in [0.5, 0.6) is 0 Å². The fourth-order valence-corrected chi connectivity index (χ4v) is 3.80. The van der Waals surface area contributed by atoms with Gasteiger partial charge in [0, 0.05) is 38.4 Å². The summed E-state index contributed by atoms with van der Waals surface area (Å²) in [6.07, 6.45) is 12.7. The highest BCUT2D eigenvalue weighted by atomic mass is 16.3. The molecule has 31 heavy (non-hydrogen) atoms. The molecule has 3 unspecified atom stereocenters. The van der Waals surface area contributed by atoms with Crippen molar-refractivity contribution in [1.29, 1.82) is 0 Å². The molecular weight excluding hydrogens is 404 g/mol. The Morgan fingerprint density at radius 2 is 0.903 bits per heavy atom. The first-order chi connectivity index (χ1) is 15.3. The van der Waals surface area contributed by atoms with Crippen molar-refractivity contribution < 1.29 is 15.3 Å². The molecule has 0 spiro atoms. The molecule has 0 aromatic carbocycles. The van der Waals surface area contributed by atoms with E-state index in [0.717, 1.165) is 0 Å². The first-order valence-electron chi connectivity index (χ1n) is 10.5. The quantitative estimate of drug-likeness (QED) is 0.297. The highest BCUT2D eigenvalue weighted by Gasteiger charge is 2.36. The molecule has 0 radical (unpaired) electrons. The van der Waals surface area contributed by atoms with Crippen LogP contribution in [-0.4, -0.2) is 85.0 Å². The minimum absolute atomic E-state index is 0.0360. The van der Waals surface area contributed by atoms with Crippen LogP contribution in [-0.2, 0) is 0 Å². The number of hydrogen-bond acceptors (Lipinski definition) is 10. The van der Waals surface area contributed by atoms with Gasteiger partial charge in [0.1, 0.15) is 18.5 Å². The van der Waals surface area contributed by atoms with Gasteiger partial charge in [0.05, 0.1) is 18.6 Å². The normalized spacial score (nSPS) is 14.7. The highest BCUT2D eigenvalue weighted by molar-refractivity contribution is 4.84. The molecule has 170 valence electrons. The number of hydrogen-bond donors (Lipinski definition) is 3. The first kappa shape index (κ1) is 22.9. The summed E-state index contributed by atoms with van der Waals surface area (Å²) >= 11 is 0. The van der Waals surface area contributed by atoms with Gasteiger partial charge in [-0.25, -0.2) is 18.9 Å². The minimum atomic E-state index is -0.296. The predicted octanol–water partition coefficient (Wildman–Crippen LogP) is -0.0232. The molecule has 0 saturated heterocycles. The van der Waals surface area contributed by atoms with E-state index in [-0.39, 0.29) is 38.3 Å².